The molecule has 2 aliphatic heterocycles. The van der Waals surface area contributed by atoms with Gasteiger partial charge in [0.05, 0.1) is 28.5 Å². The number of amides is 1. The molecule has 216 valence electrons. The lowest BCUT2D eigenvalue weighted by Crippen LogP contribution is -2.55. The lowest BCUT2D eigenvalue weighted by molar-refractivity contribution is 0.0674. The van der Waals surface area contributed by atoms with E-state index in [4.69, 9.17) is 33.2 Å². The largest absolute Gasteiger partial charge is 0.336 e. The van der Waals surface area contributed by atoms with Crippen molar-refractivity contribution < 1.29 is 9.18 Å². The molecular formula is C32H31Cl2FN6O. The fourth-order valence-electron chi connectivity index (χ4n) is 5.42. The smallest absolute Gasteiger partial charge is 0.253 e. The van der Waals surface area contributed by atoms with Gasteiger partial charge in [0.25, 0.3) is 5.91 Å². The fourth-order valence-corrected chi connectivity index (χ4v) is 5.85. The number of benzene rings is 3. The SMILES string of the molecule is C.CC1CN(C(=O)c2ccc(Nc3ncc4c(n3)-c3ccc(Cl)cc3C(c3c(F)cccc3Cl)=NC4)cc2)CC(C)N1. The number of hydrogen-bond donors (Lipinski definition) is 2. The van der Waals surface area contributed by atoms with Crippen LogP contribution in [-0.2, 0) is 6.54 Å². The number of rotatable bonds is 4. The highest BCUT2D eigenvalue weighted by atomic mass is 35.5. The summed E-state index contributed by atoms with van der Waals surface area (Å²) in [7, 11) is 0. The molecular weight excluding hydrogens is 574 g/mol. The minimum absolute atomic E-state index is 0. The van der Waals surface area contributed by atoms with Gasteiger partial charge in [0.15, 0.2) is 0 Å². The molecule has 7 nitrogen and oxygen atoms in total. The Morgan fingerprint density at radius 3 is 2.48 bits per heavy atom. The summed E-state index contributed by atoms with van der Waals surface area (Å²) in [5.41, 5.74) is 4.81. The molecule has 3 aromatic carbocycles. The predicted molar refractivity (Wildman–Crippen MR) is 168 cm³/mol. The summed E-state index contributed by atoms with van der Waals surface area (Å²) in [4.78, 5) is 29.0. The fraction of sp³-hybridized carbons (Fsp3) is 0.250. The number of fused-ring (bicyclic) bond motifs is 3. The van der Waals surface area contributed by atoms with Crippen molar-refractivity contribution in [2.45, 2.75) is 39.9 Å². The van der Waals surface area contributed by atoms with Gasteiger partial charge < -0.3 is 15.5 Å². The van der Waals surface area contributed by atoms with Crippen LogP contribution in [0.3, 0.4) is 0 Å². The third-order valence-corrected chi connectivity index (χ3v) is 7.75. The highest BCUT2D eigenvalue weighted by Crippen LogP contribution is 2.35. The van der Waals surface area contributed by atoms with Crippen LogP contribution in [0, 0.1) is 5.82 Å². The van der Waals surface area contributed by atoms with E-state index in [0.29, 0.717) is 46.6 Å². The van der Waals surface area contributed by atoms with Crippen molar-refractivity contribution >= 4 is 46.5 Å². The number of hydrogen-bond acceptors (Lipinski definition) is 6. The Labute approximate surface area is 254 Å². The molecule has 1 fully saturated rings. The van der Waals surface area contributed by atoms with Gasteiger partial charge in [0.2, 0.25) is 5.95 Å². The van der Waals surface area contributed by atoms with Crippen molar-refractivity contribution in [3.8, 4) is 11.3 Å². The Morgan fingerprint density at radius 1 is 1.02 bits per heavy atom. The summed E-state index contributed by atoms with van der Waals surface area (Å²) in [5, 5.41) is 7.43. The molecule has 1 amide bonds. The number of nitrogens with zero attached hydrogens (tertiary/aromatic N) is 4. The van der Waals surface area contributed by atoms with Crippen LogP contribution in [-0.4, -0.2) is 51.7 Å². The third-order valence-electron chi connectivity index (χ3n) is 7.20. The number of nitrogens with one attached hydrogen (secondary N) is 2. The van der Waals surface area contributed by atoms with E-state index in [1.165, 1.54) is 6.07 Å². The number of aromatic nitrogens is 2. The minimum atomic E-state index is -0.468. The van der Waals surface area contributed by atoms with Gasteiger partial charge in [0.1, 0.15) is 5.82 Å². The zero-order chi connectivity index (χ0) is 28.7. The number of carbonyl (C=O) groups excluding carboxylic acids is 1. The van der Waals surface area contributed by atoms with Crippen LogP contribution >= 0.6 is 23.2 Å². The van der Waals surface area contributed by atoms with Crippen molar-refractivity contribution in [3.63, 3.8) is 0 Å². The van der Waals surface area contributed by atoms with E-state index in [0.717, 1.165) is 16.8 Å². The van der Waals surface area contributed by atoms with Gasteiger partial charge in [-0.15, -0.1) is 0 Å². The third kappa shape index (κ3) is 5.88. The van der Waals surface area contributed by atoms with Gasteiger partial charge in [-0.25, -0.2) is 14.4 Å². The molecule has 2 N–H and O–H groups in total. The van der Waals surface area contributed by atoms with Gasteiger partial charge in [0, 0.05) is 64.3 Å². The average molecular weight is 606 g/mol. The highest BCUT2D eigenvalue weighted by Gasteiger charge is 2.26. The van der Waals surface area contributed by atoms with E-state index in [1.54, 1.807) is 42.6 Å². The lowest BCUT2D eigenvalue weighted by atomic mass is 9.95. The van der Waals surface area contributed by atoms with Gasteiger partial charge in [-0.2, -0.15) is 0 Å². The Bertz CT molecular complexity index is 1650. The van der Waals surface area contributed by atoms with Crippen LogP contribution < -0.4 is 10.6 Å². The number of piperazine rings is 1. The molecule has 10 heteroatoms. The molecule has 2 aliphatic rings. The Morgan fingerprint density at radius 2 is 1.76 bits per heavy atom. The lowest BCUT2D eigenvalue weighted by Gasteiger charge is -2.36. The highest BCUT2D eigenvalue weighted by molar-refractivity contribution is 6.36. The van der Waals surface area contributed by atoms with E-state index in [2.05, 4.69) is 29.5 Å². The number of carbonyl (C=O) groups is 1. The summed E-state index contributed by atoms with van der Waals surface area (Å²) < 4.78 is 15.0. The molecule has 2 atom stereocenters. The molecule has 1 saturated heterocycles. The van der Waals surface area contributed by atoms with Crippen LogP contribution in [0.25, 0.3) is 11.3 Å². The summed E-state index contributed by atoms with van der Waals surface area (Å²) in [6, 6.07) is 17.7. The van der Waals surface area contributed by atoms with Crippen LogP contribution in [0.1, 0.15) is 48.3 Å². The monoisotopic (exact) mass is 604 g/mol. The number of anilines is 2. The molecule has 0 spiro atoms. The Hall–Kier alpha value is -3.85. The molecule has 3 heterocycles. The summed E-state index contributed by atoms with van der Waals surface area (Å²) in [6.45, 7) is 5.75. The molecule has 0 bridgehead atoms. The summed E-state index contributed by atoms with van der Waals surface area (Å²) in [6.07, 6.45) is 1.71. The standard InChI is InChI=1S/C31H27Cl2FN6O.CH4/c1-17-15-40(16-18(2)37-17)30(41)19-6-9-22(10-7-19)38-31-36-14-20-13-35-29(27-25(33)4-3-5-26(27)34)24-12-21(32)8-11-23(24)28(20)39-31;/h3-12,14,17-18,37H,13,15-16H2,1-2H3,(H,36,38,39);1H4. The zero-order valence-electron chi connectivity index (χ0n) is 22.5. The van der Waals surface area contributed by atoms with Crippen molar-refractivity contribution in [1.29, 1.82) is 0 Å². The van der Waals surface area contributed by atoms with Crippen molar-refractivity contribution in [1.82, 2.24) is 20.2 Å². The Balaban J connectivity index is 0.00000353. The molecule has 0 saturated carbocycles. The quantitative estimate of drug-likeness (QED) is 0.258. The zero-order valence-corrected chi connectivity index (χ0v) is 24.0. The molecule has 0 aliphatic carbocycles. The first kappa shape index (κ1) is 29.6. The molecule has 0 radical (unpaired) electrons. The maximum Gasteiger partial charge on any atom is 0.253 e. The van der Waals surface area contributed by atoms with Gasteiger partial charge in [-0.05, 0) is 62.4 Å². The average Bonchev–Trinajstić information content (AvgIpc) is 3.09. The topological polar surface area (TPSA) is 82.5 Å². The second-order valence-electron chi connectivity index (χ2n) is 10.4. The molecule has 2 unspecified atom stereocenters. The van der Waals surface area contributed by atoms with Gasteiger partial charge in [-0.1, -0.05) is 42.8 Å². The molecule has 6 rings (SSSR count). The van der Waals surface area contributed by atoms with Crippen molar-refractivity contribution in [2.24, 2.45) is 4.99 Å². The van der Waals surface area contributed by atoms with Crippen molar-refractivity contribution in [3.05, 3.63) is 105 Å². The van der Waals surface area contributed by atoms with E-state index < -0.39 is 5.82 Å². The first-order valence-electron chi connectivity index (χ1n) is 13.3. The minimum Gasteiger partial charge on any atom is -0.336 e. The van der Waals surface area contributed by atoms with Crippen LogP contribution in [0.2, 0.25) is 10.0 Å². The van der Waals surface area contributed by atoms with Gasteiger partial charge in [-0.3, -0.25) is 9.79 Å². The molecule has 1 aromatic heterocycles. The molecule has 42 heavy (non-hydrogen) atoms. The van der Waals surface area contributed by atoms with Crippen LogP contribution in [0.4, 0.5) is 16.0 Å². The number of aliphatic imine (C=N–C) groups is 1. The predicted octanol–water partition coefficient (Wildman–Crippen LogP) is 7.14. The number of halogens is 3. The van der Waals surface area contributed by atoms with E-state index in [9.17, 15) is 9.18 Å². The first-order valence-corrected chi connectivity index (χ1v) is 14.1. The summed E-state index contributed by atoms with van der Waals surface area (Å²) in [5.74, 6) is -0.0793. The normalized spacial score (nSPS) is 17.7. The van der Waals surface area contributed by atoms with E-state index in [-0.39, 0.29) is 42.5 Å². The first-order chi connectivity index (χ1) is 19.8. The second kappa shape index (κ2) is 12.2. The molecule has 4 aromatic rings. The Kier molecular flexibility index (Phi) is 8.59. The maximum absolute atomic E-state index is 15.0. The van der Waals surface area contributed by atoms with Gasteiger partial charge >= 0.3 is 0 Å². The van der Waals surface area contributed by atoms with Crippen molar-refractivity contribution in [2.75, 3.05) is 18.4 Å². The second-order valence-corrected chi connectivity index (χ2v) is 11.2. The van der Waals surface area contributed by atoms with E-state index in [1.807, 2.05) is 23.1 Å². The van der Waals surface area contributed by atoms with Crippen LogP contribution in [0.5, 0.6) is 0 Å². The maximum atomic E-state index is 15.0. The van der Waals surface area contributed by atoms with Crippen LogP contribution in [0.15, 0.2) is 71.9 Å². The summed E-state index contributed by atoms with van der Waals surface area (Å²) >= 11 is 12.8. The van der Waals surface area contributed by atoms with E-state index >= 15 is 0 Å².